The van der Waals surface area contributed by atoms with Crippen molar-refractivity contribution in [3.63, 3.8) is 0 Å². The van der Waals surface area contributed by atoms with Gasteiger partial charge >= 0.3 is 5.97 Å². The number of nitrogens with one attached hydrogen (secondary N) is 1. The van der Waals surface area contributed by atoms with Crippen LogP contribution in [0.15, 0.2) is 6.20 Å². The molecule has 0 atom stereocenters. The molecule has 5 heteroatoms. The van der Waals surface area contributed by atoms with Crippen molar-refractivity contribution in [3.8, 4) is 0 Å². The molecule has 18 heavy (non-hydrogen) atoms. The number of anilines is 1. The van der Waals surface area contributed by atoms with E-state index >= 15 is 0 Å². The zero-order valence-corrected chi connectivity index (χ0v) is 11.0. The third-order valence-electron chi connectivity index (χ3n) is 3.26. The maximum atomic E-state index is 11.2. The van der Waals surface area contributed by atoms with E-state index in [1.165, 1.54) is 0 Å². The molecular weight excluding hydrogens is 230 g/mol. The molecule has 0 amide bonds. The molecule has 2 rings (SSSR count). The molecule has 0 bridgehead atoms. The zero-order chi connectivity index (χ0) is 13.3. The molecule has 2 N–H and O–H groups in total. The van der Waals surface area contributed by atoms with E-state index < -0.39 is 5.97 Å². The van der Waals surface area contributed by atoms with Gasteiger partial charge in [0.1, 0.15) is 5.82 Å². The van der Waals surface area contributed by atoms with E-state index in [-0.39, 0.29) is 11.6 Å². The van der Waals surface area contributed by atoms with E-state index in [0.717, 1.165) is 12.8 Å². The Kier molecular flexibility index (Phi) is 3.50. The standard InChI is InChI=1S/C13H19N3O2/c1-7(2)12-14-6-10(11(16-12)13(17)18)15-9-4-8(3)5-9/h6-9,15H,4-5H2,1-3H3,(H,17,18). The lowest BCUT2D eigenvalue weighted by Crippen LogP contribution is -2.34. The molecule has 0 saturated heterocycles. The maximum Gasteiger partial charge on any atom is 0.356 e. The van der Waals surface area contributed by atoms with Crippen LogP contribution in [0.4, 0.5) is 5.69 Å². The van der Waals surface area contributed by atoms with E-state index in [9.17, 15) is 9.90 Å². The summed E-state index contributed by atoms with van der Waals surface area (Å²) in [6.07, 6.45) is 3.74. The minimum Gasteiger partial charge on any atom is -0.476 e. The van der Waals surface area contributed by atoms with Gasteiger partial charge in [-0.1, -0.05) is 20.8 Å². The predicted molar refractivity (Wildman–Crippen MR) is 68.9 cm³/mol. The molecule has 0 aromatic carbocycles. The Morgan fingerprint density at radius 1 is 1.50 bits per heavy atom. The van der Waals surface area contributed by atoms with Crippen LogP contribution in [-0.2, 0) is 0 Å². The van der Waals surface area contributed by atoms with Crippen molar-refractivity contribution in [2.75, 3.05) is 5.32 Å². The molecule has 1 aromatic rings. The van der Waals surface area contributed by atoms with Gasteiger partial charge in [-0.05, 0) is 18.8 Å². The summed E-state index contributed by atoms with van der Waals surface area (Å²) in [6.45, 7) is 6.08. The molecule has 1 aromatic heterocycles. The average molecular weight is 249 g/mol. The van der Waals surface area contributed by atoms with Gasteiger partial charge < -0.3 is 10.4 Å². The first-order chi connectivity index (χ1) is 8.47. The van der Waals surface area contributed by atoms with Gasteiger partial charge in [-0.2, -0.15) is 0 Å². The number of aromatic nitrogens is 2. The van der Waals surface area contributed by atoms with Crippen molar-refractivity contribution in [1.29, 1.82) is 0 Å². The molecule has 1 fully saturated rings. The van der Waals surface area contributed by atoms with Gasteiger partial charge in [0.05, 0.1) is 11.9 Å². The quantitative estimate of drug-likeness (QED) is 0.857. The Balaban J connectivity index is 2.20. The Labute approximate surface area is 107 Å². The van der Waals surface area contributed by atoms with Crippen molar-refractivity contribution < 1.29 is 9.90 Å². The van der Waals surface area contributed by atoms with Gasteiger partial charge in [0, 0.05) is 12.0 Å². The fourth-order valence-electron chi connectivity index (χ4n) is 2.18. The number of carboxylic acids is 1. The lowest BCUT2D eigenvalue weighted by atomic mass is 9.82. The van der Waals surface area contributed by atoms with Gasteiger partial charge in [0.25, 0.3) is 0 Å². The molecular formula is C13H19N3O2. The van der Waals surface area contributed by atoms with Crippen LogP contribution in [-0.4, -0.2) is 27.1 Å². The third kappa shape index (κ3) is 2.60. The Morgan fingerprint density at radius 2 is 2.17 bits per heavy atom. The van der Waals surface area contributed by atoms with Crippen LogP contribution in [0.5, 0.6) is 0 Å². The number of carbonyl (C=O) groups is 1. The van der Waals surface area contributed by atoms with Crippen LogP contribution in [0, 0.1) is 5.92 Å². The molecule has 0 aliphatic heterocycles. The first-order valence-corrected chi connectivity index (χ1v) is 6.34. The van der Waals surface area contributed by atoms with E-state index in [1.807, 2.05) is 13.8 Å². The summed E-state index contributed by atoms with van der Waals surface area (Å²) in [5.41, 5.74) is 0.608. The minimum atomic E-state index is -1.01. The first kappa shape index (κ1) is 12.8. The zero-order valence-electron chi connectivity index (χ0n) is 11.0. The van der Waals surface area contributed by atoms with E-state index in [4.69, 9.17) is 0 Å². The van der Waals surface area contributed by atoms with Gasteiger partial charge in [0.2, 0.25) is 0 Å². The highest BCUT2D eigenvalue weighted by atomic mass is 16.4. The van der Waals surface area contributed by atoms with Gasteiger partial charge in [-0.3, -0.25) is 0 Å². The second-order valence-corrected chi connectivity index (χ2v) is 5.37. The Hall–Kier alpha value is -1.65. The number of hydrogen-bond acceptors (Lipinski definition) is 4. The van der Waals surface area contributed by atoms with Gasteiger partial charge in [-0.25, -0.2) is 14.8 Å². The SMILES string of the molecule is CC1CC(Nc2cnc(C(C)C)nc2C(=O)O)C1. The lowest BCUT2D eigenvalue weighted by molar-refractivity contribution is 0.0691. The van der Waals surface area contributed by atoms with Crippen LogP contribution in [0.3, 0.4) is 0 Å². The summed E-state index contributed by atoms with van der Waals surface area (Å²) in [4.78, 5) is 19.6. The summed E-state index contributed by atoms with van der Waals surface area (Å²) < 4.78 is 0. The van der Waals surface area contributed by atoms with Crippen LogP contribution < -0.4 is 5.32 Å². The first-order valence-electron chi connectivity index (χ1n) is 6.34. The number of rotatable bonds is 4. The highest BCUT2D eigenvalue weighted by Crippen LogP contribution is 2.30. The maximum absolute atomic E-state index is 11.2. The molecule has 0 spiro atoms. The molecule has 0 unspecified atom stereocenters. The molecule has 1 saturated carbocycles. The number of hydrogen-bond donors (Lipinski definition) is 2. The second-order valence-electron chi connectivity index (χ2n) is 5.37. The minimum absolute atomic E-state index is 0.0771. The number of aromatic carboxylic acids is 1. The Morgan fingerprint density at radius 3 is 2.67 bits per heavy atom. The fourth-order valence-corrected chi connectivity index (χ4v) is 2.18. The van der Waals surface area contributed by atoms with E-state index in [0.29, 0.717) is 23.5 Å². The normalized spacial score (nSPS) is 22.7. The summed E-state index contributed by atoms with van der Waals surface area (Å²) >= 11 is 0. The van der Waals surface area contributed by atoms with Crippen molar-refractivity contribution >= 4 is 11.7 Å². The average Bonchev–Trinajstić information content (AvgIpc) is 2.26. The van der Waals surface area contributed by atoms with E-state index in [2.05, 4.69) is 22.2 Å². The van der Waals surface area contributed by atoms with Gasteiger partial charge in [-0.15, -0.1) is 0 Å². The van der Waals surface area contributed by atoms with Crippen LogP contribution in [0.25, 0.3) is 0 Å². The smallest absolute Gasteiger partial charge is 0.356 e. The molecule has 1 aliphatic rings. The van der Waals surface area contributed by atoms with Crippen molar-refractivity contribution in [3.05, 3.63) is 17.7 Å². The van der Waals surface area contributed by atoms with Crippen LogP contribution >= 0.6 is 0 Å². The number of carboxylic acid groups (broad SMARTS) is 1. The summed E-state index contributed by atoms with van der Waals surface area (Å²) in [7, 11) is 0. The van der Waals surface area contributed by atoms with Gasteiger partial charge in [0.15, 0.2) is 5.69 Å². The summed E-state index contributed by atoms with van der Waals surface area (Å²) in [5, 5.41) is 12.4. The van der Waals surface area contributed by atoms with Crippen molar-refractivity contribution in [1.82, 2.24) is 9.97 Å². The molecule has 5 nitrogen and oxygen atoms in total. The fraction of sp³-hybridized carbons (Fsp3) is 0.615. The summed E-state index contributed by atoms with van der Waals surface area (Å²) in [5.74, 6) is 0.404. The molecule has 1 heterocycles. The molecule has 98 valence electrons. The van der Waals surface area contributed by atoms with Crippen LogP contribution in [0.1, 0.15) is 55.8 Å². The monoisotopic (exact) mass is 249 g/mol. The largest absolute Gasteiger partial charge is 0.476 e. The highest BCUT2D eigenvalue weighted by molar-refractivity contribution is 5.91. The number of nitrogens with zero attached hydrogens (tertiary/aromatic N) is 2. The molecule has 1 aliphatic carbocycles. The topological polar surface area (TPSA) is 75.1 Å². The summed E-state index contributed by atoms with van der Waals surface area (Å²) in [6, 6.07) is 0.353. The lowest BCUT2D eigenvalue weighted by Gasteiger charge is -2.34. The van der Waals surface area contributed by atoms with Crippen molar-refractivity contribution in [2.45, 2.75) is 45.6 Å². The predicted octanol–water partition coefficient (Wildman–Crippen LogP) is 2.51. The van der Waals surface area contributed by atoms with E-state index in [1.54, 1.807) is 6.20 Å². The third-order valence-corrected chi connectivity index (χ3v) is 3.26. The Bertz CT molecular complexity index is 454. The highest BCUT2D eigenvalue weighted by Gasteiger charge is 2.27. The second kappa shape index (κ2) is 4.92. The van der Waals surface area contributed by atoms with Crippen molar-refractivity contribution in [2.24, 2.45) is 5.92 Å². The van der Waals surface area contributed by atoms with Crippen LogP contribution in [0.2, 0.25) is 0 Å². The molecule has 0 radical (unpaired) electrons.